The van der Waals surface area contributed by atoms with Crippen LogP contribution in [0.2, 0.25) is 0 Å². The standard InChI is InChI=1S/C19H28N6O.HI/c1-2-5-16(4-1)23-19(20-10-7-17-6-3-13-26-17)25-11-8-15(9-12-25)18-21-14-22-24-18;/h3,6,13-16H,1-2,4-5,7-12H2,(H,20,23)(H,21,22,24);1H. The van der Waals surface area contributed by atoms with Crippen molar-refractivity contribution in [2.24, 2.45) is 4.99 Å². The predicted octanol–water partition coefficient (Wildman–Crippen LogP) is 3.33. The van der Waals surface area contributed by atoms with E-state index >= 15 is 0 Å². The van der Waals surface area contributed by atoms with Crippen LogP contribution in [0.4, 0.5) is 0 Å². The summed E-state index contributed by atoms with van der Waals surface area (Å²) in [6.07, 6.45) is 11.5. The van der Waals surface area contributed by atoms with Gasteiger partial charge in [-0.15, -0.1) is 24.0 Å². The first-order valence-corrected chi connectivity index (χ1v) is 9.82. The Labute approximate surface area is 177 Å². The second kappa shape index (κ2) is 10.1. The van der Waals surface area contributed by atoms with Crippen LogP contribution in [-0.4, -0.2) is 51.7 Å². The van der Waals surface area contributed by atoms with Crippen LogP contribution in [0.1, 0.15) is 56.0 Å². The van der Waals surface area contributed by atoms with Gasteiger partial charge < -0.3 is 14.6 Å². The van der Waals surface area contributed by atoms with Crippen molar-refractivity contribution >= 4 is 29.9 Å². The molecule has 0 atom stereocenters. The van der Waals surface area contributed by atoms with Crippen molar-refractivity contribution in [2.75, 3.05) is 19.6 Å². The second-order valence-corrected chi connectivity index (χ2v) is 7.29. The highest BCUT2D eigenvalue weighted by molar-refractivity contribution is 14.0. The number of nitrogens with one attached hydrogen (secondary N) is 2. The van der Waals surface area contributed by atoms with Gasteiger partial charge in [0.2, 0.25) is 0 Å². The molecule has 1 aliphatic carbocycles. The molecule has 0 aromatic carbocycles. The normalized spacial score (nSPS) is 19.3. The maximum absolute atomic E-state index is 5.43. The second-order valence-electron chi connectivity index (χ2n) is 7.29. The fourth-order valence-corrected chi connectivity index (χ4v) is 3.99. The lowest BCUT2D eigenvalue weighted by Gasteiger charge is -2.34. The lowest BCUT2D eigenvalue weighted by molar-refractivity contribution is 0.295. The number of aromatic nitrogens is 3. The zero-order chi connectivity index (χ0) is 17.6. The number of H-pyrrole nitrogens is 1. The summed E-state index contributed by atoms with van der Waals surface area (Å²) in [5.41, 5.74) is 0. The minimum Gasteiger partial charge on any atom is -0.469 e. The number of piperidine rings is 1. The smallest absolute Gasteiger partial charge is 0.194 e. The summed E-state index contributed by atoms with van der Waals surface area (Å²) in [5, 5.41) is 10.7. The van der Waals surface area contributed by atoms with Gasteiger partial charge in [0, 0.05) is 38.0 Å². The molecule has 1 saturated heterocycles. The summed E-state index contributed by atoms with van der Waals surface area (Å²) >= 11 is 0. The molecular formula is C19H29IN6O. The van der Waals surface area contributed by atoms with Gasteiger partial charge in [0.1, 0.15) is 17.9 Å². The molecule has 0 spiro atoms. The van der Waals surface area contributed by atoms with Crippen LogP contribution < -0.4 is 5.32 Å². The van der Waals surface area contributed by atoms with Crippen molar-refractivity contribution in [2.45, 2.75) is 56.9 Å². The molecule has 3 heterocycles. The molecule has 0 radical (unpaired) electrons. The number of hydrogen-bond acceptors (Lipinski definition) is 4. The van der Waals surface area contributed by atoms with Crippen LogP contribution in [-0.2, 0) is 6.42 Å². The van der Waals surface area contributed by atoms with Gasteiger partial charge in [0.25, 0.3) is 0 Å². The van der Waals surface area contributed by atoms with Crippen molar-refractivity contribution < 1.29 is 4.42 Å². The minimum atomic E-state index is 0. The Hall–Kier alpha value is -1.58. The fourth-order valence-electron chi connectivity index (χ4n) is 3.99. The summed E-state index contributed by atoms with van der Waals surface area (Å²) in [6, 6.07) is 4.53. The van der Waals surface area contributed by atoms with Crippen molar-refractivity contribution in [1.29, 1.82) is 0 Å². The fraction of sp³-hybridized carbons (Fsp3) is 0.632. The highest BCUT2D eigenvalue weighted by Crippen LogP contribution is 2.25. The number of rotatable bonds is 5. The molecule has 2 N–H and O–H groups in total. The van der Waals surface area contributed by atoms with E-state index in [0.29, 0.717) is 12.0 Å². The Balaban J connectivity index is 0.00000210. The average Bonchev–Trinajstić information content (AvgIpc) is 3.44. The quantitative estimate of drug-likeness (QED) is 0.387. The van der Waals surface area contributed by atoms with Gasteiger partial charge in [0.15, 0.2) is 5.96 Å². The third-order valence-electron chi connectivity index (χ3n) is 5.50. The van der Waals surface area contributed by atoms with Crippen LogP contribution >= 0.6 is 24.0 Å². The molecule has 2 aliphatic rings. The lowest BCUT2D eigenvalue weighted by Crippen LogP contribution is -2.48. The van der Waals surface area contributed by atoms with Crippen LogP contribution in [0.15, 0.2) is 34.1 Å². The summed E-state index contributed by atoms with van der Waals surface area (Å²) in [7, 11) is 0. The third-order valence-corrected chi connectivity index (χ3v) is 5.50. The van der Waals surface area contributed by atoms with Gasteiger partial charge in [0.05, 0.1) is 6.26 Å². The number of aromatic amines is 1. The minimum absolute atomic E-state index is 0. The van der Waals surface area contributed by atoms with Gasteiger partial charge in [-0.3, -0.25) is 10.1 Å². The van der Waals surface area contributed by atoms with Gasteiger partial charge in [-0.25, -0.2) is 4.98 Å². The Morgan fingerprint density at radius 3 is 2.74 bits per heavy atom. The number of likely N-dealkylation sites (tertiary alicyclic amines) is 1. The van der Waals surface area contributed by atoms with Crippen LogP contribution in [0, 0.1) is 0 Å². The van der Waals surface area contributed by atoms with Gasteiger partial charge in [-0.1, -0.05) is 12.8 Å². The van der Waals surface area contributed by atoms with E-state index in [1.807, 2.05) is 12.1 Å². The average molecular weight is 484 g/mol. The SMILES string of the molecule is I.c1coc(CCN=C(NC2CCCC2)N2CCC(c3ncn[nH]3)CC2)c1. The zero-order valence-corrected chi connectivity index (χ0v) is 18.0. The molecule has 2 aromatic heterocycles. The Morgan fingerprint density at radius 2 is 2.07 bits per heavy atom. The van der Waals surface area contributed by atoms with Gasteiger partial charge in [-0.05, 0) is 37.8 Å². The van der Waals surface area contributed by atoms with E-state index in [0.717, 1.165) is 56.4 Å². The first-order chi connectivity index (χ1) is 12.9. The third kappa shape index (κ3) is 5.46. The Morgan fingerprint density at radius 1 is 1.26 bits per heavy atom. The summed E-state index contributed by atoms with van der Waals surface area (Å²) in [5.74, 6) is 3.56. The van der Waals surface area contributed by atoms with Crippen LogP contribution in [0.5, 0.6) is 0 Å². The van der Waals surface area contributed by atoms with Gasteiger partial charge in [-0.2, -0.15) is 5.10 Å². The largest absolute Gasteiger partial charge is 0.469 e. The number of aliphatic imine (C=N–C) groups is 1. The van der Waals surface area contributed by atoms with Crippen molar-refractivity contribution in [3.63, 3.8) is 0 Å². The predicted molar refractivity (Wildman–Crippen MR) is 115 cm³/mol. The number of halogens is 1. The monoisotopic (exact) mass is 484 g/mol. The number of guanidine groups is 1. The van der Waals surface area contributed by atoms with E-state index < -0.39 is 0 Å². The van der Waals surface area contributed by atoms with E-state index in [9.17, 15) is 0 Å². The maximum atomic E-state index is 5.43. The van der Waals surface area contributed by atoms with Crippen molar-refractivity contribution in [3.8, 4) is 0 Å². The highest BCUT2D eigenvalue weighted by atomic mass is 127. The first kappa shape index (κ1) is 20.2. The van der Waals surface area contributed by atoms with E-state index in [2.05, 4.69) is 25.4 Å². The molecule has 148 valence electrons. The highest BCUT2D eigenvalue weighted by Gasteiger charge is 2.26. The topological polar surface area (TPSA) is 82.3 Å². The van der Waals surface area contributed by atoms with E-state index in [-0.39, 0.29) is 24.0 Å². The molecule has 7 nitrogen and oxygen atoms in total. The van der Waals surface area contributed by atoms with E-state index in [1.54, 1.807) is 12.6 Å². The molecule has 27 heavy (non-hydrogen) atoms. The van der Waals surface area contributed by atoms with Crippen LogP contribution in [0.25, 0.3) is 0 Å². The molecule has 1 saturated carbocycles. The molecule has 8 heteroatoms. The summed E-state index contributed by atoms with van der Waals surface area (Å²) in [6.45, 7) is 2.76. The molecule has 2 fully saturated rings. The number of nitrogens with zero attached hydrogens (tertiary/aromatic N) is 4. The zero-order valence-electron chi connectivity index (χ0n) is 15.6. The molecule has 4 rings (SSSR count). The molecule has 0 bridgehead atoms. The molecule has 2 aromatic rings. The number of hydrogen-bond donors (Lipinski definition) is 2. The molecular weight excluding hydrogens is 455 g/mol. The summed E-state index contributed by atoms with van der Waals surface area (Å²) in [4.78, 5) is 11.6. The lowest BCUT2D eigenvalue weighted by atomic mass is 9.96. The van der Waals surface area contributed by atoms with Crippen molar-refractivity contribution in [3.05, 3.63) is 36.3 Å². The van der Waals surface area contributed by atoms with Gasteiger partial charge >= 0.3 is 0 Å². The first-order valence-electron chi connectivity index (χ1n) is 9.82. The molecule has 1 aliphatic heterocycles. The maximum Gasteiger partial charge on any atom is 0.194 e. The molecule has 0 unspecified atom stereocenters. The Bertz CT molecular complexity index is 673. The van der Waals surface area contributed by atoms with Crippen molar-refractivity contribution in [1.82, 2.24) is 25.4 Å². The Kier molecular flexibility index (Phi) is 7.54. The molecule has 0 amide bonds. The number of furan rings is 1. The van der Waals surface area contributed by atoms with Crippen LogP contribution in [0.3, 0.4) is 0 Å². The van der Waals surface area contributed by atoms with E-state index in [1.165, 1.54) is 25.7 Å². The summed E-state index contributed by atoms with van der Waals surface area (Å²) < 4.78 is 5.43. The van der Waals surface area contributed by atoms with E-state index in [4.69, 9.17) is 9.41 Å².